The molecule has 8 rings (SSSR count). The Hall–Kier alpha value is -5.95. The molecule has 4 heteroatoms. The molecule has 0 atom stereocenters. The van der Waals surface area contributed by atoms with E-state index in [-0.39, 0.29) is 0 Å². The van der Waals surface area contributed by atoms with Crippen molar-refractivity contribution in [3.05, 3.63) is 219 Å². The van der Waals surface area contributed by atoms with E-state index in [0.29, 0.717) is 0 Å². The number of pyridine rings is 2. The summed E-state index contributed by atoms with van der Waals surface area (Å²) in [6, 6.07) is 74.7. The molecule has 0 spiro atoms. The smallest absolute Gasteiger partial charge is 0.181 e. The van der Waals surface area contributed by atoms with Crippen LogP contribution in [0.25, 0.3) is 11.4 Å². The minimum atomic E-state index is -2.65. The van der Waals surface area contributed by atoms with Gasteiger partial charge in [-0.15, -0.1) is 0 Å². The molecule has 0 aliphatic heterocycles. The highest BCUT2D eigenvalue weighted by Crippen LogP contribution is 2.16. The van der Waals surface area contributed by atoms with Crippen molar-refractivity contribution >= 4 is 57.6 Å². The zero-order valence-electron chi connectivity index (χ0n) is 27.7. The topological polar surface area (TPSA) is 25.8 Å². The Morgan fingerprint density at radius 3 is 0.620 bits per heavy atom. The van der Waals surface area contributed by atoms with Gasteiger partial charge in [0.05, 0.1) is 11.4 Å². The molecule has 6 aromatic carbocycles. The lowest BCUT2D eigenvalue weighted by atomic mass is 10.2. The Morgan fingerprint density at radius 2 is 0.440 bits per heavy atom. The van der Waals surface area contributed by atoms with E-state index in [1.54, 1.807) is 0 Å². The van der Waals surface area contributed by atoms with Crippen LogP contribution in [0, 0.1) is 0 Å². The van der Waals surface area contributed by atoms with Gasteiger partial charge in [0.15, 0.2) is 16.1 Å². The van der Waals surface area contributed by atoms with Gasteiger partial charge in [0, 0.05) is 12.4 Å². The summed E-state index contributed by atoms with van der Waals surface area (Å²) in [5, 5.41) is 10.5. The minimum absolute atomic E-state index is 0.865. The van der Waals surface area contributed by atoms with Crippen molar-refractivity contribution in [3.63, 3.8) is 0 Å². The maximum atomic E-state index is 5.14. The molecule has 0 aliphatic carbocycles. The van der Waals surface area contributed by atoms with E-state index in [2.05, 4.69) is 219 Å². The first kappa shape index (κ1) is 31.3. The lowest BCUT2D eigenvalue weighted by Crippen LogP contribution is -2.74. The Bertz CT molecular complexity index is 1900. The van der Waals surface area contributed by atoms with Crippen molar-refractivity contribution in [2.75, 3.05) is 0 Å². The zero-order valence-corrected chi connectivity index (χ0v) is 29.7. The molecule has 0 amide bonds. The van der Waals surface area contributed by atoms with Crippen LogP contribution in [0.2, 0.25) is 0 Å². The van der Waals surface area contributed by atoms with Gasteiger partial charge in [-0.05, 0) is 53.6 Å². The van der Waals surface area contributed by atoms with E-state index in [9.17, 15) is 0 Å². The van der Waals surface area contributed by atoms with E-state index in [1.165, 1.54) is 41.5 Å². The largest absolute Gasteiger partial charge is 0.255 e. The third kappa shape index (κ3) is 5.45. The number of hydrogen-bond acceptors (Lipinski definition) is 2. The van der Waals surface area contributed by atoms with Gasteiger partial charge in [-0.3, -0.25) is 9.97 Å². The summed E-state index contributed by atoms with van der Waals surface area (Å²) >= 11 is 0. The fraction of sp³-hybridized carbons (Fsp3) is 0. The summed E-state index contributed by atoms with van der Waals surface area (Å²) in [6.07, 6.45) is 4.20. The lowest BCUT2D eigenvalue weighted by molar-refractivity contribution is 1.26. The highest BCUT2D eigenvalue weighted by atomic mass is 28.3. The summed E-state index contributed by atoms with van der Waals surface area (Å²) in [7, 11) is -5.29. The maximum Gasteiger partial charge on any atom is 0.181 e. The zero-order chi connectivity index (χ0) is 33.6. The molecule has 0 bridgehead atoms. The average molecular weight is 673 g/mol. The van der Waals surface area contributed by atoms with Gasteiger partial charge < -0.3 is 0 Å². The molecule has 0 saturated heterocycles. The van der Waals surface area contributed by atoms with E-state index < -0.39 is 16.1 Å². The molecule has 0 unspecified atom stereocenters. The monoisotopic (exact) mass is 672 g/mol. The third-order valence-corrected chi connectivity index (χ3v) is 19.4. The van der Waals surface area contributed by atoms with Gasteiger partial charge in [0.2, 0.25) is 0 Å². The first-order valence-corrected chi connectivity index (χ1v) is 21.1. The molecule has 0 fully saturated rings. The molecule has 238 valence electrons. The van der Waals surface area contributed by atoms with Gasteiger partial charge in [-0.2, -0.15) is 0 Å². The van der Waals surface area contributed by atoms with Gasteiger partial charge in [0.25, 0.3) is 0 Å². The van der Waals surface area contributed by atoms with Crippen molar-refractivity contribution in [1.29, 1.82) is 0 Å². The molecule has 0 saturated carbocycles. The van der Waals surface area contributed by atoms with Crippen LogP contribution in [0.4, 0.5) is 0 Å². The number of rotatable bonds is 9. The van der Waals surface area contributed by atoms with Crippen molar-refractivity contribution < 1.29 is 0 Å². The molecule has 0 radical (unpaired) electrons. The fourth-order valence-corrected chi connectivity index (χ4v) is 17.0. The molecular weight excluding hydrogens is 637 g/mol. The molecular formula is C46H36N2Si2. The van der Waals surface area contributed by atoms with Crippen LogP contribution in [-0.2, 0) is 0 Å². The van der Waals surface area contributed by atoms with Crippen molar-refractivity contribution in [3.8, 4) is 11.4 Å². The Morgan fingerprint density at radius 1 is 0.220 bits per heavy atom. The lowest BCUT2D eigenvalue weighted by Gasteiger charge is -2.34. The average Bonchev–Trinajstić information content (AvgIpc) is 3.22. The second-order valence-corrected chi connectivity index (χ2v) is 20.2. The summed E-state index contributed by atoms with van der Waals surface area (Å²) in [6.45, 7) is 0. The maximum absolute atomic E-state index is 5.14. The molecule has 0 aliphatic rings. The van der Waals surface area contributed by atoms with Crippen LogP contribution in [0.3, 0.4) is 0 Å². The van der Waals surface area contributed by atoms with Crippen LogP contribution in [0.1, 0.15) is 0 Å². The van der Waals surface area contributed by atoms with Crippen molar-refractivity contribution in [2.24, 2.45) is 0 Å². The van der Waals surface area contributed by atoms with Crippen LogP contribution in [0.15, 0.2) is 219 Å². The minimum Gasteiger partial charge on any atom is -0.255 e. The van der Waals surface area contributed by atoms with Crippen LogP contribution < -0.4 is 41.5 Å². The second-order valence-electron chi connectivity index (χ2n) is 12.6. The Balaban J connectivity index is 1.25. The Labute approximate surface area is 296 Å². The number of benzene rings is 6. The van der Waals surface area contributed by atoms with Crippen LogP contribution in [0.5, 0.6) is 0 Å². The van der Waals surface area contributed by atoms with Crippen LogP contribution >= 0.6 is 0 Å². The molecule has 2 heterocycles. The second kappa shape index (κ2) is 13.9. The highest BCUT2D eigenvalue weighted by molar-refractivity contribution is 7.20. The van der Waals surface area contributed by atoms with Gasteiger partial charge in [0.1, 0.15) is 0 Å². The van der Waals surface area contributed by atoms with Crippen molar-refractivity contribution in [2.45, 2.75) is 0 Å². The molecule has 50 heavy (non-hydrogen) atoms. The normalized spacial score (nSPS) is 11.6. The highest BCUT2D eigenvalue weighted by Gasteiger charge is 2.43. The van der Waals surface area contributed by atoms with Gasteiger partial charge in [-0.25, -0.2) is 0 Å². The predicted molar refractivity (Wildman–Crippen MR) is 215 cm³/mol. The summed E-state index contributed by atoms with van der Waals surface area (Å²) in [5.74, 6) is 0. The van der Waals surface area contributed by atoms with Gasteiger partial charge in [-0.1, -0.05) is 194 Å². The SMILES string of the molecule is c1ccc([Si](c2ccccc2)(c2ccccc2)c2ccc(-c3ccc([Si](c4ccccc4)(c4ccccc4)c4ccccc4)cn3)nc2)cc1. The van der Waals surface area contributed by atoms with E-state index in [0.717, 1.165) is 11.4 Å². The van der Waals surface area contributed by atoms with Gasteiger partial charge >= 0.3 is 0 Å². The first-order valence-electron chi connectivity index (χ1n) is 17.1. The molecule has 2 nitrogen and oxygen atoms in total. The van der Waals surface area contributed by atoms with Crippen molar-refractivity contribution in [1.82, 2.24) is 9.97 Å². The number of nitrogens with zero attached hydrogens (tertiary/aromatic N) is 2. The predicted octanol–water partition coefficient (Wildman–Crippen LogP) is 4.90. The molecule has 2 aromatic heterocycles. The third-order valence-electron chi connectivity index (χ3n) is 9.90. The summed E-state index contributed by atoms with van der Waals surface area (Å²) < 4.78 is 0. The van der Waals surface area contributed by atoms with Crippen LogP contribution in [-0.4, -0.2) is 26.1 Å². The molecule has 8 aromatic rings. The summed E-state index contributed by atoms with van der Waals surface area (Å²) in [4.78, 5) is 10.3. The van der Waals surface area contributed by atoms with E-state index in [1.807, 2.05) is 0 Å². The first-order chi connectivity index (χ1) is 24.8. The number of aromatic nitrogens is 2. The fourth-order valence-electron chi connectivity index (χ4n) is 7.66. The van der Waals surface area contributed by atoms with E-state index >= 15 is 0 Å². The quantitative estimate of drug-likeness (QED) is 0.161. The van der Waals surface area contributed by atoms with E-state index in [4.69, 9.17) is 9.97 Å². The molecule has 0 N–H and O–H groups in total. The number of hydrogen-bond donors (Lipinski definition) is 0. The standard InChI is InChI=1S/C46H36N2Si2/c1-7-19-37(20-8-1)49(38-21-9-2-10-22-38,39-23-11-3-12-24-39)43-31-33-45(47-35-43)46-34-32-44(36-48-46)50(40-25-13-4-14-26-40,41-27-15-5-16-28-41)42-29-17-6-18-30-42/h1-36H. The Kier molecular flexibility index (Phi) is 8.70. The summed E-state index contributed by atoms with van der Waals surface area (Å²) in [5.41, 5.74) is 1.73.